The highest BCUT2D eigenvalue weighted by atomic mass is 35.5. The molecule has 0 unspecified atom stereocenters. The fraction of sp³-hybridized carbons (Fsp3) is 0.385. The largest absolute Gasteiger partial charge is 0.395 e. The predicted octanol–water partition coefficient (Wildman–Crippen LogP) is 1.78. The van der Waals surface area contributed by atoms with E-state index in [-0.39, 0.29) is 11.6 Å². The maximum absolute atomic E-state index is 11.8. The smallest absolute Gasteiger partial charge is 0.244 e. The molecule has 0 bridgehead atoms. The van der Waals surface area contributed by atoms with Gasteiger partial charge in [0.15, 0.2) is 15.7 Å². The molecule has 0 saturated carbocycles. The first-order valence-electron chi connectivity index (χ1n) is 6.31. The molecule has 0 saturated heterocycles. The molecular weight excluding hydrogens is 316 g/mol. The number of rotatable bonds is 6. The lowest BCUT2D eigenvalue weighted by atomic mass is 10.1. The van der Waals surface area contributed by atoms with Crippen molar-refractivity contribution in [3.63, 3.8) is 0 Å². The van der Waals surface area contributed by atoms with Crippen molar-refractivity contribution in [2.45, 2.75) is 18.6 Å². The Kier molecular flexibility index (Phi) is 4.97. The molecule has 1 aromatic carbocycles. The molecule has 0 fully saturated rings. The van der Waals surface area contributed by atoms with Crippen LogP contribution in [0.2, 0.25) is 5.02 Å². The molecule has 21 heavy (non-hydrogen) atoms. The predicted molar refractivity (Wildman–Crippen MR) is 77.8 cm³/mol. The van der Waals surface area contributed by atoms with Gasteiger partial charge in [-0.15, -0.1) is 0 Å². The number of nitrogens with zero attached hydrogens (tertiary/aromatic N) is 2. The van der Waals surface area contributed by atoms with Gasteiger partial charge in [-0.1, -0.05) is 28.9 Å². The van der Waals surface area contributed by atoms with Gasteiger partial charge in [-0.2, -0.15) is 4.98 Å². The summed E-state index contributed by atoms with van der Waals surface area (Å²) in [4.78, 5) is 4.10. The molecule has 0 spiro atoms. The Morgan fingerprint density at radius 1 is 1.33 bits per heavy atom. The number of benzene rings is 1. The second-order valence-corrected chi connectivity index (χ2v) is 7.46. The Labute approximate surface area is 127 Å². The van der Waals surface area contributed by atoms with Gasteiger partial charge in [0.25, 0.3) is 0 Å². The lowest BCUT2D eigenvalue weighted by Gasteiger charge is -2.06. The van der Waals surface area contributed by atoms with Gasteiger partial charge in [0.2, 0.25) is 5.89 Å². The summed E-state index contributed by atoms with van der Waals surface area (Å²) in [5.74, 6) is 0.106. The standard InChI is InChI=1S/C13H15ClN2O4S/c1-9(21(18,19)7-6-17)13-15-12(16-20-13)8-10-2-4-11(14)5-3-10/h2-5,9,17H,6-8H2,1H3/t9-/m0/s1. The van der Waals surface area contributed by atoms with E-state index in [4.69, 9.17) is 21.2 Å². The van der Waals surface area contributed by atoms with Gasteiger partial charge in [-0.25, -0.2) is 8.42 Å². The third-order valence-corrected chi connectivity index (χ3v) is 5.30. The van der Waals surface area contributed by atoms with Crippen LogP contribution in [-0.4, -0.2) is 36.0 Å². The summed E-state index contributed by atoms with van der Waals surface area (Å²) in [6.45, 7) is 1.03. The number of sulfone groups is 1. The van der Waals surface area contributed by atoms with Crippen LogP contribution in [0.4, 0.5) is 0 Å². The first-order chi connectivity index (χ1) is 9.92. The topological polar surface area (TPSA) is 93.3 Å². The number of halogens is 1. The molecule has 1 aromatic heterocycles. The molecule has 0 amide bonds. The zero-order valence-electron chi connectivity index (χ0n) is 11.4. The van der Waals surface area contributed by atoms with Gasteiger partial charge in [0.05, 0.1) is 12.4 Å². The molecular formula is C13H15ClN2O4S. The Bertz CT molecular complexity index is 697. The highest BCUT2D eigenvalue weighted by Gasteiger charge is 2.27. The lowest BCUT2D eigenvalue weighted by Crippen LogP contribution is -2.17. The van der Waals surface area contributed by atoms with Crippen molar-refractivity contribution in [2.75, 3.05) is 12.4 Å². The van der Waals surface area contributed by atoms with Crippen molar-refractivity contribution in [1.82, 2.24) is 10.1 Å². The van der Waals surface area contributed by atoms with E-state index in [9.17, 15) is 8.42 Å². The van der Waals surface area contributed by atoms with Crippen molar-refractivity contribution in [1.29, 1.82) is 0 Å². The normalized spacial score (nSPS) is 13.3. The van der Waals surface area contributed by atoms with Crippen LogP contribution < -0.4 is 0 Å². The van der Waals surface area contributed by atoms with Crippen molar-refractivity contribution in [3.8, 4) is 0 Å². The Balaban J connectivity index is 2.13. The van der Waals surface area contributed by atoms with Crippen LogP contribution in [0, 0.1) is 0 Å². The van der Waals surface area contributed by atoms with Crippen molar-refractivity contribution in [3.05, 3.63) is 46.6 Å². The number of aromatic nitrogens is 2. The van der Waals surface area contributed by atoms with Crippen LogP contribution in [0.15, 0.2) is 28.8 Å². The van der Waals surface area contributed by atoms with Crippen LogP contribution >= 0.6 is 11.6 Å². The highest BCUT2D eigenvalue weighted by Crippen LogP contribution is 2.21. The zero-order valence-corrected chi connectivity index (χ0v) is 12.9. The Hall–Kier alpha value is -1.44. The number of aliphatic hydroxyl groups excluding tert-OH is 1. The van der Waals surface area contributed by atoms with E-state index in [1.165, 1.54) is 6.92 Å². The third-order valence-electron chi connectivity index (χ3n) is 3.02. The molecule has 0 aliphatic heterocycles. The molecule has 0 aliphatic carbocycles. The molecule has 114 valence electrons. The second-order valence-electron chi connectivity index (χ2n) is 4.58. The van der Waals surface area contributed by atoms with Crippen LogP contribution in [0.1, 0.15) is 29.5 Å². The number of aliphatic hydroxyl groups is 1. The summed E-state index contributed by atoms with van der Waals surface area (Å²) in [5, 5.41) is 12.2. The monoisotopic (exact) mass is 330 g/mol. The third kappa shape index (κ3) is 4.03. The van der Waals surface area contributed by atoms with E-state index in [1.54, 1.807) is 12.1 Å². The fourth-order valence-corrected chi connectivity index (χ4v) is 2.88. The first kappa shape index (κ1) is 15.9. The van der Waals surface area contributed by atoms with Crippen molar-refractivity contribution < 1.29 is 18.0 Å². The highest BCUT2D eigenvalue weighted by molar-refractivity contribution is 7.91. The minimum atomic E-state index is -3.49. The van der Waals surface area contributed by atoms with E-state index < -0.39 is 21.7 Å². The average molecular weight is 331 g/mol. The Morgan fingerprint density at radius 3 is 2.62 bits per heavy atom. The summed E-state index contributed by atoms with van der Waals surface area (Å²) in [6.07, 6.45) is 0.424. The minimum absolute atomic E-state index is 0.0346. The molecule has 1 atom stereocenters. The maximum atomic E-state index is 11.8. The second kappa shape index (κ2) is 6.55. The quantitative estimate of drug-likeness (QED) is 0.867. The number of hydrogen-bond acceptors (Lipinski definition) is 6. The first-order valence-corrected chi connectivity index (χ1v) is 8.41. The van der Waals surface area contributed by atoms with E-state index in [1.807, 2.05) is 12.1 Å². The van der Waals surface area contributed by atoms with Crippen LogP contribution in [0.25, 0.3) is 0 Å². The summed E-state index contributed by atoms with van der Waals surface area (Å²) >= 11 is 5.80. The van der Waals surface area contributed by atoms with Crippen LogP contribution in [-0.2, 0) is 16.3 Å². The van der Waals surface area contributed by atoms with Gasteiger partial charge in [-0.3, -0.25) is 0 Å². The van der Waals surface area contributed by atoms with Crippen molar-refractivity contribution >= 4 is 21.4 Å². The molecule has 2 aromatic rings. The van der Waals surface area contributed by atoms with Gasteiger partial charge in [0, 0.05) is 11.4 Å². The molecule has 0 radical (unpaired) electrons. The fourth-order valence-electron chi connectivity index (χ4n) is 1.75. The van der Waals surface area contributed by atoms with Gasteiger partial charge in [0.1, 0.15) is 5.25 Å². The molecule has 0 aliphatic rings. The molecule has 1 N–H and O–H groups in total. The van der Waals surface area contributed by atoms with E-state index in [0.717, 1.165) is 5.56 Å². The average Bonchev–Trinajstić information content (AvgIpc) is 2.89. The maximum Gasteiger partial charge on any atom is 0.244 e. The molecule has 2 rings (SSSR count). The van der Waals surface area contributed by atoms with Crippen LogP contribution in [0.3, 0.4) is 0 Å². The van der Waals surface area contributed by atoms with E-state index in [0.29, 0.717) is 17.3 Å². The summed E-state index contributed by atoms with van der Waals surface area (Å²) in [5.41, 5.74) is 0.942. The van der Waals surface area contributed by atoms with Gasteiger partial charge < -0.3 is 9.63 Å². The molecule has 8 heteroatoms. The molecule has 6 nitrogen and oxygen atoms in total. The van der Waals surface area contributed by atoms with E-state index >= 15 is 0 Å². The summed E-state index contributed by atoms with van der Waals surface area (Å²) in [6, 6.07) is 7.19. The summed E-state index contributed by atoms with van der Waals surface area (Å²) in [7, 11) is -3.49. The lowest BCUT2D eigenvalue weighted by molar-refractivity contribution is 0.318. The number of hydrogen-bond donors (Lipinski definition) is 1. The SMILES string of the molecule is C[C@@H](c1nc(Cc2ccc(Cl)cc2)no1)S(=O)(=O)CCO. The summed E-state index contributed by atoms with van der Waals surface area (Å²) < 4.78 is 28.7. The van der Waals surface area contributed by atoms with Gasteiger partial charge in [-0.05, 0) is 24.6 Å². The zero-order chi connectivity index (χ0) is 15.5. The van der Waals surface area contributed by atoms with Crippen LogP contribution in [0.5, 0.6) is 0 Å². The van der Waals surface area contributed by atoms with Gasteiger partial charge >= 0.3 is 0 Å². The van der Waals surface area contributed by atoms with E-state index in [2.05, 4.69) is 10.1 Å². The Morgan fingerprint density at radius 2 is 2.00 bits per heavy atom. The van der Waals surface area contributed by atoms with Crippen molar-refractivity contribution in [2.24, 2.45) is 0 Å². The minimum Gasteiger partial charge on any atom is -0.395 e. The molecule has 1 heterocycles.